The fraction of sp³-hybridized carbons (Fsp3) is 0.625. The maximum Gasteiger partial charge on any atom is 0.126 e. The number of rotatable bonds is 7. The first-order chi connectivity index (χ1) is 9.01. The number of halogens is 1. The Balaban J connectivity index is 2.99. The van der Waals surface area contributed by atoms with Crippen molar-refractivity contribution in [1.82, 2.24) is 5.32 Å². The molecule has 0 fully saturated rings. The van der Waals surface area contributed by atoms with Gasteiger partial charge in [0.05, 0.1) is 0 Å². The quantitative estimate of drug-likeness (QED) is 0.749. The van der Waals surface area contributed by atoms with Crippen LogP contribution < -0.4 is 10.2 Å². The van der Waals surface area contributed by atoms with Gasteiger partial charge in [0.25, 0.3) is 0 Å². The van der Waals surface area contributed by atoms with Gasteiger partial charge in [0, 0.05) is 25.3 Å². The minimum atomic E-state index is -0.122. The maximum atomic E-state index is 13.8. The number of aryl methyl sites for hydroxylation is 1. The van der Waals surface area contributed by atoms with Crippen LogP contribution >= 0.6 is 0 Å². The molecule has 1 rings (SSSR count). The van der Waals surface area contributed by atoms with Crippen molar-refractivity contribution in [1.29, 1.82) is 0 Å². The molecular weight excluding hydrogens is 239 g/mol. The largest absolute Gasteiger partial charge is 0.374 e. The molecule has 0 aromatic heterocycles. The van der Waals surface area contributed by atoms with Crippen molar-refractivity contribution >= 4 is 5.69 Å². The molecule has 0 radical (unpaired) electrons. The van der Waals surface area contributed by atoms with Crippen LogP contribution in [0.15, 0.2) is 12.1 Å². The summed E-state index contributed by atoms with van der Waals surface area (Å²) in [6.45, 7) is 7.11. The van der Waals surface area contributed by atoms with Gasteiger partial charge in [-0.2, -0.15) is 0 Å². The molecule has 0 aliphatic carbocycles. The van der Waals surface area contributed by atoms with E-state index in [0.717, 1.165) is 17.8 Å². The first kappa shape index (κ1) is 16.0. The minimum Gasteiger partial charge on any atom is -0.374 e. The summed E-state index contributed by atoms with van der Waals surface area (Å²) in [7, 11) is 4.00. The second kappa shape index (κ2) is 7.49. The smallest absolute Gasteiger partial charge is 0.126 e. The maximum absolute atomic E-state index is 13.8. The molecule has 0 heterocycles. The van der Waals surface area contributed by atoms with Crippen LogP contribution in [0.4, 0.5) is 10.1 Å². The lowest BCUT2D eigenvalue weighted by Gasteiger charge is -2.26. The third-order valence-corrected chi connectivity index (χ3v) is 3.72. The van der Waals surface area contributed by atoms with E-state index in [9.17, 15) is 4.39 Å². The Labute approximate surface area is 117 Å². The van der Waals surface area contributed by atoms with Crippen molar-refractivity contribution in [3.05, 3.63) is 29.1 Å². The number of nitrogens with one attached hydrogen (secondary N) is 1. The standard InChI is InChI=1S/C16H27FN2/c1-6-7-8-9-19(5)16-10-12(2)15(17)11-14(16)13(3)18-4/h10-11,13,18H,6-9H2,1-5H3. The Morgan fingerprint density at radius 3 is 2.58 bits per heavy atom. The lowest BCUT2D eigenvalue weighted by atomic mass is 10.0. The van der Waals surface area contributed by atoms with Gasteiger partial charge < -0.3 is 10.2 Å². The summed E-state index contributed by atoms with van der Waals surface area (Å²) >= 11 is 0. The van der Waals surface area contributed by atoms with E-state index in [4.69, 9.17) is 0 Å². The number of anilines is 1. The highest BCUT2D eigenvalue weighted by Gasteiger charge is 2.15. The van der Waals surface area contributed by atoms with Crippen molar-refractivity contribution in [2.45, 2.75) is 46.1 Å². The highest BCUT2D eigenvalue weighted by Crippen LogP contribution is 2.28. The fourth-order valence-corrected chi connectivity index (χ4v) is 2.23. The second-order valence-electron chi connectivity index (χ2n) is 5.30. The number of hydrogen-bond donors (Lipinski definition) is 1. The Bertz CT molecular complexity index is 404. The molecule has 1 unspecified atom stereocenters. The molecule has 108 valence electrons. The monoisotopic (exact) mass is 266 g/mol. The molecule has 1 aromatic rings. The van der Waals surface area contributed by atoms with Crippen molar-refractivity contribution in [3.8, 4) is 0 Å². The van der Waals surface area contributed by atoms with Crippen LogP contribution in [0.25, 0.3) is 0 Å². The van der Waals surface area contributed by atoms with Gasteiger partial charge in [0.15, 0.2) is 0 Å². The predicted octanol–water partition coefficient (Wildman–Crippen LogP) is 4.04. The Morgan fingerprint density at radius 2 is 2.00 bits per heavy atom. The minimum absolute atomic E-state index is 0.122. The summed E-state index contributed by atoms with van der Waals surface area (Å²) in [4.78, 5) is 2.24. The molecule has 0 aliphatic heterocycles. The molecule has 0 bridgehead atoms. The van der Waals surface area contributed by atoms with E-state index < -0.39 is 0 Å². The summed E-state index contributed by atoms with van der Waals surface area (Å²) in [6, 6.07) is 3.78. The van der Waals surface area contributed by atoms with Gasteiger partial charge in [-0.05, 0) is 50.6 Å². The lowest BCUT2D eigenvalue weighted by Crippen LogP contribution is -2.23. The average Bonchev–Trinajstić information content (AvgIpc) is 2.40. The van der Waals surface area contributed by atoms with Gasteiger partial charge in [-0.3, -0.25) is 0 Å². The van der Waals surface area contributed by atoms with Crippen LogP contribution in [0.3, 0.4) is 0 Å². The molecule has 0 spiro atoms. The van der Waals surface area contributed by atoms with Crippen molar-refractivity contribution in [2.24, 2.45) is 0 Å². The van der Waals surface area contributed by atoms with Crippen molar-refractivity contribution in [3.63, 3.8) is 0 Å². The van der Waals surface area contributed by atoms with Gasteiger partial charge in [-0.25, -0.2) is 4.39 Å². The normalized spacial score (nSPS) is 12.5. The molecule has 3 heteroatoms. The molecule has 0 saturated carbocycles. The van der Waals surface area contributed by atoms with Crippen molar-refractivity contribution < 1.29 is 4.39 Å². The van der Waals surface area contributed by atoms with E-state index in [1.807, 2.05) is 20.0 Å². The highest BCUT2D eigenvalue weighted by molar-refractivity contribution is 5.56. The molecular formula is C16H27FN2. The zero-order valence-electron chi connectivity index (χ0n) is 12.9. The predicted molar refractivity (Wildman–Crippen MR) is 81.4 cm³/mol. The topological polar surface area (TPSA) is 15.3 Å². The zero-order valence-corrected chi connectivity index (χ0v) is 12.9. The van der Waals surface area contributed by atoms with E-state index >= 15 is 0 Å². The van der Waals surface area contributed by atoms with Gasteiger partial charge in [-0.15, -0.1) is 0 Å². The fourth-order valence-electron chi connectivity index (χ4n) is 2.23. The molecule has 19 heavy (non-hydrogen) atoms. The van der Waals surface area contributed by atoms with Crippen LogP contribution in [-0.4, -0.2) is 20.6 Å². The van der Waals surface area contributed by atoms with E-state index in [0.29, 0.717) is 5.56 Å². The number of benzene rings is 1. The number of nitrogens with zero attached hydrogens (tertiary/aromatic N) is 1. The average molecular weight is 266 g/mol. The summed E-state index contributed by atoms with van der Waals surface area (Å²) in [5, 5.41) is 3.20. The zero-order chi connectivity index (χ0) is 14.4. The summed E-state index contributed by atoms with van der Waals surface area (Å²) in [6.07, 6.45) is 3.63. The van der Waals surface area contributed by atoms with Gasteiger partial charge in [0.1, 0.15) is 5.82 Å². The van der Waals surface area contributed by atoms with E-state index in [1.54, 1.807) is 6.07 Å². The molecule has 0 aliphatic rings. The van der Waals surface area contributed by atoms with Gasteiger partial charge >= 0.3 is 0 Å². The van der Waals surface area contributed by atoms with E-state index in [2.05, 4.69) is 31.1 Å². The second-order valence-corrected chi connectivity index (χ2v) is 5.30. The van der Waals surface area contributed by atoms with E-state index in [1.165, 1.54) is 19.3 Å². The number of unbranched alkanes of at least 4 members (excludes halogenated alkanes) is 2. The van der Waals surface area contributed by atoms with Crippen LogP contribution in [0.5, 0.6) is 0 Å². The number of hydrogen-bond acceptors (Lipinski definition) is 2. The summed E-state index contributed by atoms with van der Waals surface area (Å²) < 4.78 is 13.8. The van der Waals surface area contributed by atoms with Crippen LogP contribution in [0, 0.1) is 12.7 Å². The van der Waals surface area contributed by atoms with Crippen LogP contribution in [0.2, 0.25) is 0 Å². The third-order valence-electron chi connectivity index (χ3n) is 3.72. The summed E-state index contributed by atoms with van der Waals surface area (Å²) in [5.74, 6) is -0.122. The highest BCUT2D eigenvalue weighted by atomic mass is 19.1. The molecule has 1 aromatic carbocycles. The Kier molecular flexibility index (Phi) is 6.29. The van der Waals surface area contributed by atoms with Crippen LogP contribution in [0.1, 0.15) is 50.3 Å². The van der Waals surface area contributed by atoms with E-state index in [-0.39, 0.29) is 11.9 Å². The molecule has 1 N–H and O–H groups in total. The molecule has 1 atom stereocenters. The Morgan fingerprint density at radius 1 is 1.32 bits per heavy atom. The third kappa shape index (κ3) is 4.20. The first-order valence-electron chi connectivity index (χ1n) is 7.19. The SMILES string of the molecule is CCCCCN(C)c1cc(C)c(F)cc1C(C)NC. The lowest BCUT2D eigenvalue weighted by molar-refractivity contribution is 0.599. The summed E-state index contributed by atoms with van der Waals surface area (Å²) in [5.41, 5.74) is 2.88. The Hall–Kier alpha value is -1.09. The molecule has 0 amide bonds. The molecule has 0 saturated heterocycles. The van der Waals surface area contributed by atoms with Gasteiger partial charge in [0.2, 0.25) is 0 Å². The van der Waals surface area contributed by atoms with Crippen molar-refractivity contribution in [2.75, 3.05) is 25.5 Å². The first-order valence-corrected chi connectivity index (χ1v) is 7.19. The van der Waals surface area contributed by atoms with Crippen LogP contribution in [-0.2, 0) is 0 Å². The van der Waals surface area contributed by atoms with Gasteiger partial charge in [-0.1, -0.05) is 19.8 Å². The molecule has 2 nitrogen and oxygen atoms in total.